The SMILES string of the molecule is O=C1CC(NS(=O)(=O)CCc2ccccc2)CN1c1ccccc1. The highest BCUT2D eigenvalue weighted by molar-refractivity contribution is 7.89. The van der Waals surface area contributed by atoms with Crippen LogP contribution < -0.4 is 9.62 Å². The molecule has 0 radical (unpaired) electrons. The second-order valence-corrected chi connectivity index (χ2v) is 7.79. The van der Waals surface area contributed by atoms with Gasteiger partial charge < -0.3 is 4.90 Å². The first-order valence-corrected chi connectivity index (χ1v) is 9.58. The summed E-state index contributed by atoms with van der Waals surface area (Å²) in [4.78, 5) is 13.8. The molecule has 1 aliphatic heterocycles. The van der Waals surface area contributed by atoms with E-state index in [9.17, 15) is 13.2 Å². The summed E-state index contributed by atoms with van der Waals surface area (Å²) in [5.74, 6) is -0.0375. The van der Waals surface area contributed by atoms with Crippen LogP contribution in [-0.4, -0.2) is 32.7 Å². The zero-order valence-electron chi connectivity index (χ0n) is 13.3. The zero-order valence-corrected chi connectivity index (χ0v) is 14.1. The Morgan fingerprint density at radius 2 is 1.62 bits per heavy atom. The second-order valence-electron chi connectivity index (χ2n) is 5.91. The van der Waals surface area contributed by atoms with Crippen LogP contribution in [0.25, 0.3) is 0 Å². The molecule has 0 spiro atoms. The monoisotopic (exact) mass is 344 g/mol. The molecular weight excluding hydrogens is 324 g/mol. The van der Waals surface area contributed by atoms with Gasteiger partial charge in [-0.15, -0.1) is 0 Å². The van der Waals surface area contributed by atoms with E-state index in [2.05, 4.69) is 4.72 Å². The van der Waals surface area contributed by atoms with Gasteiger partial charge in [0.15, 0.2) is 0 Å². The van der Waals surface area contributed by atoms with Crippen molar-refractivity contribution in [3.05, 3.63) is 66.2 Å². The Bertz CT molecular complexity index is 792. The maximum Gasteiger partial charge on any atom is 0.228 e. The van der Waals surface area contributed by atoms with Gasteiger partial charge in [0.05, 0.1) is 5.75 Å². The fourth-order valence-corrected chi connectivity index (χ4v) is 4.14. The van der Waals surface area contributed by atoms with Gasteiger partial charge in [0.25, 0.3) is 0 Å². The number of carbonyl (C=O) groups excluding carboxylic acids is 1. The number of hydrogen-bond donors (Lipinski definition) is 1. The minimum absolute atomic E-state index is 0.0209. The standard InChI is InChI=1S/C18H20N2O3S/c21-18-13-16(14-20(18)17-9-5-2-6-10-17)19-24(22,23)12-11-15-7-3-1-4-8-15/h1-10,16,19H,11-14H2. The number of nitrogens with one attached hydrogen (secondary N) is 1. The molecule has 1 N–H and O–H groups in total. The molecule has 126 valence electrons. The molecule has 0 aromatic heterocycles. The lowest BCUT2D eigenvalue weighted by molar-refractivity contribution is -0.117. The van der Waals surface area contributed by atoms with Crippen LogP contribution in [0.5, 0.6) is 0 Å². The Morgan fingerprint density at radius 3 is 2.29 bits per heavy atom. The first kappa shape index (κ1) is 16.7. The van der Waals surface area contributed by atoms with Crippen LogP contribution in [0, 0.1) is 0 Å². The maximum absolute atomic E-state index is 12.3. The van der Waals surface area contributed by atoms with E-state index < -0.39 is 10.0 Å². The van der Waals surface area contributed by atoms with E-state index in [1.54, 1.807) is 4.90 Å². The van der Waals surface area contributed by atoms with Gasteiger partial charge in [-0.2, -0.15) is 0 Å². The highest BCUT2D eigenvalue weighted by Gasteiger charge is 2.32. The second kappa shape index (κ2) is 7.15. The minimum Gasteiger partial charge on any atom is -0.311 e. The van der Waals surface area contributed by atoms with Crippen molar-refractivity contribution < 1.29 is 13.2 Å². The summed E-state index contributed by atoms with van der Waals surface area (Å²) >= 11 is 0. The lowest BCUT2D eigenvalue weighted by Crippen LogP contribution is -2.38. The number of benzene rings is 2. The van der Waals surface area contributed by atoms with Gasteiger partial charge in [-0.25, -0.2) is 13.1 Å². The molecule has 0 bridgehead atoms. The van der Waals surface area contributed by atoms with E-state index in [-0.39, 0.29) is 24.1 Å². The first-order chi connectivity index (χ1) is 11.5. The Morgan fingerprint density at radius 1 is 1.00 bits per heavy atom. The Kier molecular flexibility index (Phi) is 4.97. The number of hydrogen-bond acceptors (Lipinski definition) is 3. The van der Waals surface area contributed by atoms with Crippen LogP contribution in [0.15, 0.2) is 60.7 Å². The van der Waals surface area contributed by atoms with Gasteiger partial charge in [0.1, 0.15) is 0 Å². The average Bonchev–Trinajstić information content (AvgIpc) is 2.94. The quantitative estimate of drug-likeness (QED) is 0.871. The van der Waals surface area contributed by atoms with E-state index in [4.69, 9.17) is 0 Å². The molecule has 1 saturated heterocycles. The average molecular weight is 344 g/mol. The molecule has 1 heterocycles. The molecule has 1 amide bonds. The molecule has 1 atom stereocenters. The summed E-state index contributed by atoms with van der Waals surface area (Å²) in [7, 11) is -3.42. The Hall–Kier alpha value is -2.18. The largest absolute Gasteiger partial charge is 0.311 e. The van der Waals surface area contributed by atoms with Crippen molar-refractivity contribution in [3.8, 4) is 0 Å². The predicted octanol–water partition coefficient (Wildman–Crippen LogP) is 1.95. The molecule has 1 aliphatic rings. The van der Waals surface area contributed by atoms with E-state index in [1.807, 2.05) is 60.7 Å². The van der Waals surface area contributed by atoms with Crippen LogP contribution in [0.1, 0.15) is 12.0 Å². The molecule has 3 rings (SSSR count). The fraction of sp³-hybridized carbons (Fsp3) is 0.278. The van der Waals surface area contributed by atoms with Crippen LogP contribution in [-0.2, 0) is 21.2 Å². The number of amides is 1. The first-order valence-electron chi connectivity index (χ1n) is 7.93. The number of sulfonamides is 1. The summed E-state index contributed by atoms with van der Waals surface area (Å²) < 4.78 is 27.2. The molecule has 0 saturated carbocycles. The number of carbonyl (C=O) groups is 1. The van der Waals surface area contributed by atoms with Gasteiger partial charge in [-0.1, -0.05) is 48.5 Å². The summed E-state index contributed by atoms with van der Waals surface area (Å²) in [6.45, 7) is 0.368. The third-order valence-electron chi connectivity index (χ3n) is 4.04. The molecule has 0 aliphatic carbocycles. The number of nitrogens with zero attached hydrogens (tertiary/aromatic N) is 1. The zero-order chi connectivity index (χ0) is 17.0. The number of aryl methyl sites for hydroxylation is 1. The molecule has 5 nitrogen and oxygen atoms in total. The summed E-state index contributed by atoms with van der Waals surface area (Å²) in [6.07, 6.45) is 0.651. The van der Waals surface area contributed by atoms with E-state index in [1.165, 1.54) is 0 Å². The van der Waals surface area contributed by atoms with Gasteiger partial charge >= 0.3 is 0 Å². The summed E-state index contributed by atoms with van der Waals surface area (Å²) in [6, 6.07) is 18.4. The van der Waals surface area contributed by atoms with Gasteiger partial charge in [0.2, 0.25) is 15.9 Å². The predicted molar refractivity (Wildman–Crippen MR) is 94.3 cm³/mol. The fourth-order valence-electron chi connectivity index (χ4n) is 2.85. The third-order valence-corrected chi connectivity index (χ3v) is 5.48. The Labute approximate surface area is 142 Å². The van der Waals surface area contributed by atoms with Crippen LogP contribution in [0.4, 0.5) is 5.69 Å². The summed E-state index contributed by atoms with van der Waals surface area (Å²) in [5, 5.41) is 0. The van der Waals surface area contributed by atoms with Crippen molar-refractivity contribution >= 4 is 21.6 Å². The highest BCUT2D eigenvalue weighted by atomic mass is 32.2. The van der Waals surface area contributed by atoms with Crippen molar-refractivity contribution in [1.82, 2.24) is 4.72 Å². The lowest BCUT2D eigenvalue weighted by Gasteiger charge is -2.17. The van der Waals surface area contributed by atoms with Crippen LogP contribution in [0.2, 0.25) is 0 Å². The smallest absolute Gasteiger partial charge is 0.228 e. The van der Waals surface area contributed by atoms with E-state index in [0.29, 0.717) is 13.0 Å². The van der Waals surface area contributed by atoms with Crippen molar-refractivity contribution in [2.45, 2.75) is 18.9 Å². The van der Waals surface area contributed by atoms with Crippen LogP contribution in [0.3, 0.4) is 0 Å². The van der Waals surface area contributed by atoms with Crippen molar-refractivity contribution in [2.24, 2.45) is 0 Å². The van der Waals surface area contributed by atoms with Crippen molar-refractivity contribution in [2.75, 3.05) is 17.2 Å². The normalized spacial score (nSPS) is 18.1. The Balaban J connectivity index is 1.59. The molecular formula is C18H20N2O3S. The van der Waals surface area contributed by atoms with E-state index >= 15 is 0 Å². The van der Waals surface area contributed by atoms with Gasteiger partial charge in [-0.3, -0.25) is 4.79 Å². The highest BCUT2D eigenvalue weighted by Crippen LogP contribution is 2.21. The molecule has 2 aromatic carbocycles. The van der Waals surface area contributed by atoms with Crippen molar-refractivity contribution in [1.29, 1.82) is 0 Å². The number of rotatable bonds is 6. The summed E-state index contributed by atoms with van der Waals surface area (Å²) in [5.41, 5.74) is 1.78. The van der Waals surface area contributed by atoms with Gasteiger partial charge in [0, 0.05) is 24.7 Å². The minimum atomic E-state index is -3.42. The molecule has 2 aromatic rings. The molecule has 1 unspecified atom stereocenters. The van der Waals surface area contributed by atoms with Crippen molar-refractivity contribution in [3.63, 3.8) is 0 Å². The molecule has 1 fully saturated rings. The topological polar surface area (TPSA) is 66.5 Å². The van der Waals surface area contributed by atoms with Crippen LogP contribution >= 0.6 is 0 Å². The molecule has 6 heteroatoms. The lowest BCUT2D eigenvalue weighted by atomic mass is 10.2. The molecule has 24 heavy (non-hydrogen) atoms. The third kappa shape index (κ3) is 4.21. The van der Waals surface area contributed by atoms with Gasteiger partial charge in [-0.05, 0) is 24.1 Å². The maximum atomic E-state index is 12.3. The number of para-hydroxylation sites is 1. The number of anilines is 1. The van der Waals surface area contributed by atoms with E-state index in [0.717, 1.165) is 11.3 Å².